The highest BCUT2D eigenvalue weighted by atomic mass is 32.2. The van der Waals surface area contributed by atoms with Crippen LogP contribution in [0.25, 0.3) is 11.8 Å². The molecule has 0 unspecified atom stereocenters. The van der Waals surface area contributed by atoms with Crippen molar-refractivity contribution in [2.75, 3.05) is 13.4 Å². The Hall–Kier alpha value is -2.78. The summed E-state index contributed by atoms with van der Waals surface area (Å²) in [6.45, 7) is 3.98. The summed E-state index contributed by atoms with van der Waals surface area (Å²) >= 11 is 2.77. The Morgan fingerprint density at radius 3 is 2.76 bits per heavy atom. The Bertz CT molecular complexity index is 1130. The summed E-state index contributed by atoms with van der Waals surface area (Å²) in [5, 5.41) is 14.7. The molecule has 4 rings (SSSR count). The van der Waals surface area contributed by atoms with E-state index in [1.165, 1.54) is 28.5 Å². The maximum Gasteiger partial charge on any atom is 0.283 e. The molecular formula is C20H19N5O2S2. The van der Waals surface area contributed by atoms with Gasteiger partial charge in [0.15, 0.2) is 10.2 Å². The van der Waals surface area contributed by atoms with Crippen LogP contribution in [0.4, 0.5) is 0 Å². The Balaban J connectivity index is 1.78. The van der Waals surface area contributed by atoms with Crippen LogP contribution in [0.3, 0.4) is 0 Å². The summed E-state index contributed by atoms with van der Waals surface area (Å²) in [5.74, 6) is 0.379. The van der Waals surface area contributed by atoms with Crippen LogP contribution >= 0.6 is 23.5 Å². The monoisotopic (exact) mass is 425 g/mol. The second kappa shape index (κ2) is 7.57. The van der Waals surface area contributed by atoms with Crippen molar-refractivity contribution in [1.29, 1.82) is 5.41 Å². The minimum absolute atomic E-state index is 0.0404. The number of carbonyl (C=O) groups excluding carboxylic acids is 1. The average molecular weight is 426 g/mol. The van der Waals surface area contributed by atoms with Crippen LogP contribution in [-0.4, -0.2) is 44.2 Å². The SMILES string of the molecule is COc1ccccc1-n1c(C)cc(C=C2C(=N)N3N=C(SC)SC3=NC2=O)c1C. The fourth-order valence-corrected chi connectivity index (χ4v) is 4.68. The second-order valence-electron chi connectivity index (χ2n) is 6.42. The van der Waals surface area contributed by atoms with Crippen LogP contribution in [-0.2, 0) is 4.79 Å². The molecule has 2 aromatic rings. The number of aryl methyl sites for hydroxylation is 1. The molecule has 0 saturated heterocycles. The van der Waals surface area contributed by atoms with Gasteiger partial charge in [-0.25, -0.2) is 0 Å². The van der Waals surface area contributed by atoms with Crippen LogP contribution in [0.15, 0.2) is 46.0 Å². The quantitative estimate of drug-likeness (QED) is 0.751. The number of hydrogen-bond acceptors (Lipinski definition) is 6. The first-order chi connectivity index (χ1) is 13.9. The smallest absolute Gasteiger partial charge is 0.283 e. The van der Waals surface area contributed by atoms with E-state index >= 15 is 0 Å². The summed E-state index contributed by atoms with van der Waals surface area (Å²) in [6.07, 6.45) is 3.62. The van der Waals surface area contributed by atoms with E-state index in [0.717, 1.165) is 32.8 Å². The summed E-state index contributed by atoms with van der Waals surface area (Å²) in [7, 11) is 1.64. The zero-order valence-electron chi connectivity index (χ0n) is 16.4. The van der Waals surface area contributed by atoms with Crippen LogP contribution in [0.1, 0.15) is 17.0 Å². The molecule has 0 atom stereocenters. The highest BCUT2D eigenvalue weighted by Crippen LogP contribution is 2.33. The number of thioether (sulfide) groups is 2. The number of fused-ring (bicyclic) bond motifs is 1. The zero-order chi connectivity index (χ0) is 20.7. The maximum absolute atomic E-state index is 12.6. The molecule has 1 N–H and O–H groups in total. The average Bonchev–Trinajstić information content (AvgIpc) is 3.25. The lowest BCUT2D eigenvalue weighted by Crippen LogP contribution is -2.35. The standard InChI is InChI=1S/C20H19N5O2S2/c1-11-9-13(12(2)24(11)15-7-5-6-8-16(15)27-3)10-14-17(21)25-19(22-18(14)26)29-20(23-25)28-4/h5-10,21H,1-4H3. The van der Waals surface area contributed by atoms with Gasteiger partial charge >= 0.3 is 0 Å². The number of aliphatic imine (C=N–C) groups is 1. The van der Waals surface area contributed by atoms with Gasteiger partial charge in [0, 0.05) is 11.4 Å². The first-order valence-electron chi connectivity index (χ1n) is 8.81. The van der Waals surface area contributed by atoms with Crippen molar-refractivity contribution in [2.24, 2.45) is 10.1 Å². The number of carbonyl (C=O) groups is 1. The molecule has 2 aliphatic heterocycles. The number of amides is 1. The fourth-order valence-electron chi connectivity index (χ4n) is 3.33. The number of nitrogens with zero attached hydrogens (tertiary/aromatic N) is 4. The lowest BCUT2D eigenvalue weighted by atomic mass is 10.1. The molecule has 148 valence electrons. The van der Waals surface area contributed by atoms with E-state index in [1.807, 2.05) is 50.4 Å². The van der Waals surface area contributed by atoms with Crippen LogP contribution in [0, 0.1) is 19.3 Å². The normalized spacial score (nSPS) is 17.5. The third-order valence-corrected chi connectivity index (χ3v) is 6.59. The number of benzene rings is 1. The van der Waals surface area contributed by atoms with Crippen LogP contribution in [0.2, 0.25) is 0 Å². The summed E-state index contributed by atoms with van der Waals surface area (Å²) in [6, 6.07) is 9.77. The molecule has 1 amide bonds. The molecule has 2 aliphatic rings. The van der Waals surface area contributed by atoms with Gasteiger partial charge in [-0.05, 0) is 61.7 Å². The van der Waals surface area contributed by atoms with E-state index in [2.05, 4.69) is 14.7 Å². The van der Waals surface area contributed by atoms with Crippen molar-refractivity contribution < 1.29 is 9.53 Å². The molecule has 7 nitrogen and oxygen atoms in total. The van der Waals surface area contributed by atoms with E-state index in [1.54, 1.807) is 13.2 Å². The fraction of sp³-hybridized carbons (Fsp3) is 0.200. The number of nitrogens with one attached hydrogen (secondary N) is 1. The van der Waals surface area contributed by atoms with Crippen molar-refractivity contribution in [3.63, 3.8) is 0 Å². The molecule has 1 aromatic carbocycles. The summed E-state index contributed by atoms with van der Waals surface area (Å²) in [5.41, 5.74) is 3.93. The van der Waals surface area contributed by atoms with E-state index in [-0.39, 0.29) is 11.4 Å². The van der Waals surface area contributed by atoms with Gasteiger partial charge in [-0.15, -0.1) is 16.9 Å². The van der Waals surface area contributed by atoms with Crippen molar-refractivity contribution in [2.45, 2.75) is 13.8 Å². The third-order valence-electron chi connectivity index (χ3n) is 4.71. The molecule has 0 radical (unpaired) electrons. The highest BCUT2D eigenvalue weighted by Gasteiger charge is 2.35. The molecular weight excluding hydrogens is 406 g/mol. The van der Waals surface area contributed by atoms with Gasteiger partial charge in [-0.1, -0.05) is 12.1 Å². The number of rotatable bonds is 3. The molecule has 1 aromatic heterocycles. The number of ether oxygens (including phenoxy) is 1. The van der Waals surface area contributed by atoms with Crippen molar-refractivity contribution in [3.05, 3.63) is 52.9 Å². The lowest BCUT2D eigenvalue weighted by Gasteiger charge is -2.20. The Kier molecular flexibility index (Phi) is 5.10. The molecule has 0 saturated carbocycles. The predicted octanol–water partition coefficient (Wildman–Crippen LogP) is 4.04. The van der Waals surface area contributed by atoms with E-state index in [4.69, 9.17) is 10.1 Å². The molecule has 0 aliphatic carbocycles. The number of hydrogen-bond donors (Lipinski definition) is 1. The Morgan fingerprint density at radius 2 is 2.03 bits per heavy atom. The van der Waals surface area contributed by atoms with Crippen LogP contribution < -0.4 is 4.74 Å². The molecule has 0 fully saturated rings. The van der Waals surface area contributed by atoms with Gasteiger partial charge in [0.2, 0.25) is 5.17 Å². The summed E-state index contributed by atoms with van der Waals surface area (Å²) < 4.78 is 8.34. The highest BCUT2D eigenvalue weighted by molar-refractivity contribution is 8.45. The van der Waals surface area contributed by atoms with Crippen molar-refractivity contribution in [1.82, 2.24) is 9.58 Å². The van der Waals surface area contributed by atoms with Gasteiger partial charge in [0.1, 0.15) is 5.75 Å². The van der Waals surface area contributed by atoms with Crippen LogP contribution in [0.5, 0.6) is 5.75 Å². The predicted molar refractivity (Wildman–Crippen MR) is 120 cm³/mol. The minimum Gasteiger partial charge on any atom is -0.495 e. The molecule has 0 bridgehead atoms. The van der Waals surface area contributed by atoms with E-state index in [9.17, 15) is 4.79 Å². The lowest BCUT2D eigenvalue weighted by molar-refractivity contribution is -0.114. The van der Waals surface area contributed by atoms with Crippen molar-refractivity contribution in [3.8, 4) is 11.4 Å². The first kappa shape index (κ1) is 19.5. The largest absolute Gasteiger partial charge is 0.495 e. The number of methoxy groups -OCH3 is 1. The molecule has 29 heavy (non-hydrogen) atoms. The van der Waals surface area contributed by atoms with Crippen molar-refractivity contribution >= 4 is 50.9 Å². The number of aromatic nitrogens is 1. The molecule has 9 heteroatoms. The minimum atomic E-state index is -0.423. The molecule has 3 heterocycles. The second-order valence-corrected chi connectivity index (χ2v) is 8.43. The van der Waals surface area contributed by atoms with Gasteiger partial charge < -0.3 is 9.30 Å². The first-order valence-corrected chi connectivity index (χ1v) is 10.8. The molecule has 0 spiro atoms. The van der Waals surface area contributed by atoms with E-state index < -0.39 is 5.91 Å². The summed E-state index contributed by atoms with van der Waals surface area (Å²) in [4.78, 5) is 16.7. The van der Waals surface area contributed by atoms with Gasteiger partial charge in [0.05, 0.1) is 18.4 Å². The maximum atomic E-state index is 12.6. The number of para-hydroxylation sites is 2. The third kappa shape index (κ3) is 3.30. The van der Waals surface area contributed by atoms with Gasteiger partial charge in [0.25, 0.3) is 5.91 Å². The van der Waals surface area contributed by atoms with E-state index in [0.29, 0.717) is 5.17 Å². The topological polar surface area (TPSA) is 83.0 Å². The van der Waals surface area contributed by atoms with Gasteiger partial charge in [-0.2, -0.15) is 10.0 Å². The Morgan fingerprint density at radius 1 is 1.28 bits per heavy atom. The number of hydrazone groups is 1. The zero-order valence-corrected chi connectivity index (χ0v) is 18.0. The Labute approximate surface area is 177 Å². The van der Waals surface area contributed by atoms with Gasteiger partial charge in [-0.3, -0.25) is 10.2 Å². The number of amidine groups is 2.